The van der Waals surface area contributed by atoms with Gasteiger partial charge in [-0.3, -0.25) is 4.79 Å². The van der Waals surface area contributed by atoms with E-state index >= 15 is 0 Å². The van der Waals surface area contributed by atoms with Gasteiger partial charge in [-0.15, -0.1) is 0 Å². The molecule has 2 atom stereocenters. The molecule has 0 heterocycles. The van der Waals surface area contributed by atoms with E-state index in [1.165, 1.54) is 0 Å². The number of carbonyl (C=O) groups excluding carboxylic acids is 1. The highest BCUT2D eigenvalue weighted by Gasteiger charge is 2.06. The monoisotopic (exact) mass is 215 g/mol. The molecule has 2 unspecified atom stereocenters. The van der Waals surface area contributed by atoms with Crippen LogP contribution in [0.3, 0.4) is 0 Å². The van der Waals surface area contributed by atoms with Crippen molar-refractivity contribution in [2.24, 2.45) is 11.8 Å². The summed E-state index contributed by atoms with van der Waals surface area (Å²) in [5.41, 5.74) is 0. The minimum atomic E-state index is 0.154. The maximum absolute atomic E-state index is 11.4. The van der Waals surface area contributed by atoms with Crippen molar-refractivity contribution in [1.82, 2.24) is 5.32 Å². The Kier molecular flexibility index (Phi) is 8.38. The zero-order valence-electron chi connectivity index (χ0n) is 10.3. The zero-order valence-corrected chi connectivity index (χ0v) is 10.3. The Morgan fingerprint density at radius 3 is 2.53 bits per heavy atom. The Balaban J connectivity index is 3.39. The number of carbonyl (C=O) groups is 1. The second-order valence-electron chi connectivity index (χ2n) is 4.50. The van der Waals surface area contributed by atoms with E-state index < -0.39 is 0 Å². The molecule has 0 aliphatic heterocycles. The van der Waals surface area contributed by atoms with Crippen LogP contribution in [-0.4, -0.2) is 24.2 Å². The molecular weight excluding hydrogens is 190 g/mol. The van der Waals surface area contributed by atoms with Crippen LogP contribution in [0.1, 0.15) is 46.5 Å². The molecule has 0 spiro atoms. The molecule has 15 heavy (non-hydrogen) atoms. The lowest BCUT2D eigenvalue weighted by Crippen LogP contribution is -2.26. The molecule has 3 nitrogen and oxygen atoms in total. The lowest BCUT2D eigenvalue weighted by Gasteiger charge is -2.10. The standard InChI is InChI=1S/C12H25NO2/c1-4-10(2)8-12(15)13-7-5-6-11(3)9-14/h10-11,14H,4-9H2,1-3H3,(H,13,15). The van der Waals surface area contributed by atoms with Crippen molar-refractivity contribution >= 4 is 5.91 Å². The Morgan fingerprint density at radius 1 is 1.33 bits per heavy atom. The summed E-state index contributed by atoms with van der Waals surface area (Å²) in [6.07, 6.45) is 3.61. The lowest BCUT2D eigenvalue weighted by atomic mass is 10.0. The van der Waals surface area contributed by atoms with Gasteiger partial charge in [0, 0.05) is 19.6 Å². The van der Waals surface area contributed by atoms with Crippen molar-refractivity contribution in [2.75, 3.05) is 13.2 Å². The first kappa shape index (κ1) is 14.4. The fourth-order valence-corrected chi connectivity index (χ4v) is 1.30. The van der Waals surface area contributed by atoms with Crippen LogP contribution in [0.25, 0.3) is 0 Å². The van der Waals surface area contributed by atoms with Crippen LogP contribution in [-0.2, 0) is 4.79 Å². The van der Waals surface area contributed by atoms with E-state index in [9.17, 15) is 4.79 Å². The van der Waals surface area contributed by atoms with E-state index in [1.54, 1.807) is 0 Å². The number of aliphatic hydroxyl groups is 1. The Morgan fingerprint density at radius 2 is 2.00 bits per heavy atom. The van der Waals surface area contributed by atoms with Crippen LogP contribution < -0.4 is 5.32 Å². The third-order valence-corrected chi connectivity index (χ3v) is 2.74. The summed E-state index contributed by atoms with van der Waals surface area (Å²) in [4.78, 5) is 11.4. The highest BCUT2D eigenvalue weighted by Crippen LogP contribution is 2.06. The number of hydrogen-bond acceptors (Lipinski definition) is 2. The first-order chi connectivity index (χ1) is 7.10. The van der Waals surface area contributed by atoms with Gasteiger partial charge in [0.15, 0.2) is 0 Å². The van der Waals surface area contributed by atoms with Crippen LogP contribution in [0.2, 0.25) is 0 Å². The summed E-state index contributed by atoms with van der Waals surface area (Å²) in [5.74, 6) is 0.971. The molecule has 90 valence electrons. The van der Waals surface area contributed by atoms with Gasteiger partial charge in [-0.1, -0.05) is 27.2 Å². The second-order valence-corrected chi connectivity index (χ2v) is 4.50. The van der Waals surface area contributed by atoms with Gasteiger partial charge in [-0.25, -0.2) is 0 Å². The van der Waals surface area contributed by atoms with Gasteiger partial charge >= 0.3 is 0 Å². The van der Waals surface area contributed by atoms with Gasteiger partial charge in [0.05, 0.1) is 0 Å². The fourth-order valence-electron chi connectivity index (χ4n) is 1.30. The lowest BCUT2D eigenvalue weighted by molar-refractivity contribution is -0.121. The predicted molar refractivity (Wildman–Crippen MR) is 62.6 cm³/mol. The quantitative estimate of drug-likeness (QED) is 0.608. The number of aliphatic hydroxyl groups excluding tert-OH is 1. The molecule has 1 amide bonds. The van der Waals surface area contributed by atoms with Gasteiger partial charge in [0.25, 0.3) is 0 Å². The summed E-state index contributed by atoms with van der Waals surface area (Å²) in [6.45, 7) is 7.18. The normalized spacial score (nSPS) is 14.7. The largest absolute Gasteiger partial charge is 0.396 e. The van der Waals surface area contributed by atoms with E-state index in [0.717, 1.165) is 25.8 Å². The average Bonchev–Trinajstić information content (AvgIpc) is 2.23. The van der Waals surface area contributed by atoms with Crippen LogP contribution in [0.5, 0.6) is 0 Å². The van der Waals surface area contributed by atoms with Gasteiger partial charge in [0.2, 0.25) is 5.91 Å². The summed E-state index contributed by atoms with van der Waals surface area (Å²) >= 11 is 0. The van der Waals surface area contributed by atoms with Crippen molar-refractivity contribution in [3.05, 3.63) is 0 Å². The number of nitrogens with one attached hydrogen (secondary N) is 1. The van der Waals surface area contributed by atoms with E-state index in [2.05, 4.69) is 19.2 Å². The van der Waals surface area contributed by atoms with Gasteiger partial charge in [-0.2, -0.15) is 0 Å². The van der Waals surface area contributed by atoms with Crippen molar-refractivity contribution in [1.29, 1.82) is 0 Å². The topological polar surface area (TPSA) is 49.3 Å². The minimum Gasteiger partial charge on any atom is -0.396 e. The fraction of sp³-hybridized carbons (Fsp3) is 0.917. The Hall–Kier alpha value is -0.570. The zero-order chi connectivity index (χ0) is 11.7. The molecule has 2 N–H and O–H groups in total. The van der Waals surface area contributed by atoms with Crippen LogP contribution in [0.4, 0.5) is 0 Å². The van der Waals surface area contributed by atoms with E-state index in [-0.39, 0.29) is 12.5 Å². The maximum Gasteiger partial charge on any atom is 0.220 e. The number of rotatable bonds is 8. The second kappa shape index (κ2) is 8.72. The summed E-state index contributed by atoms with van der Waals surface area (Å²) < 4.78 is 0. The van der Waals surface area contributed by atoms with Crippen molar-refractivity contribution in [3.63, 3.8) is 0 Å². The Labute approximate surface area is 93.3 Å². The summed E-state index contributed by atoms with van der Waals surface area (Å²) in [5, 5.41) is 11.7. The van der Waals surface area contributed by atoms with Crippen LogP contribution >= 0.6 is 0 Å². The number of hydrogen-bond donors (Lipinski definition) is 2. The molecule has 0 aliphatic rings. The molecule has 0 aromatic carbocycles. The van der Waals surface area contributed by atoms with Gasteiger partial charge in [-0.05, 0) is 24.7 Å². The third-order valence-electron chi connectivity index (χ3n) is 2.74. The summed E-state index contributed by atoms with van der Waals surface area (Å²) in [7, 11) is 0. The molecule has 0 aromatic heterocycles. The molecular formula is C12H25NO2. The number of amides is 1. The van der Waals surface area contributed by atoms with E-state index in [0.29, 0.717) is 18.3 Å². The molecule has 0 radical (unpaired) electrons. The first-order valence-corrected chi connectivity index (χ1v) is 5.97. The van der Waals surface area contributed by atoms with Crippen molar-refractivity contribution in [2.45, 2.75) is 46.5 Å². The van der Waals surface area contributed by atoms with Crippen molar-refractivity contribution < 1.29 is 9.90 Å². The van der Waals surface area contributed by atoms with Gasteiger partial charge in [0.1, 0.15) is 0 Å². The van der Waals surface area contributed by atoms with Crippen LogP contribution in [0.15, 0.2) is 0 Å². The minimum absolute atomic E-state index is 0.154. The molecule has 0 bridgehead atoms. The van der Waals surface area contributed by atoms with E-state index in [1.807, 2.05) is 6.92 Å². The molecule has 0 aromatic rings. The molecule has 0 aliphatic carbocycles. The third kappa shape index (κ3) is 8.43. The Bertz CT molecular complexity index is 171. The average molecular weight is 215 g/mol. The van der Waals surface area contributed by atoms with Crippen LogP contribution in [0, 0.1) is 11.8 Å². The first-order valence-electron chi connectivity index (χ1n) is 5.97. The molecule has 0 saturated carbocycles. The predicted octanol–water partition coefficient (Wildman–Crippen LogP) is 1.95. The van der Waals surface area contributed by atoms with Gasteiger partial charge < -0.3 is 10.4 Å². The van der Waals surface area contributed by atoms with E-state index in [4.69, 9.17) is 5.11 Å². The molecule has 0 saturated heterocycles. The highest BCUT2D eigenvalue weighted by molar-refractivity contribution is 5.76. The summed E-state index contributed by atoms with van der Waals surface area (Å²) in [6, 6.07) is 0. The molecule has 0 rings (SSSR count). The smallest absolute Gasteiger partial charge is 0.220 e. The maximum atomic E-state index is 11.4. The molecule has 3 heteroatoms. The highest BCUT2D eigenvalue weighted by atomic mass is 16.3. The SMILES string of the molecule is CCC(C)CC(=O)NCCCC(C)CO. The molecule has 0 fully saturated rings. The van der Waals surface area contributed by atoms with Crippen molar-refractivity contribution in [3.8, 4) is 0 Å².